The molecular weight excluding hydrogens is 256 g/mol. The molecule has 5 heteroatoms. The minimum atomic E-state index is 0.257. The van der Waals surface area contributed by atoms with E-state index in [9.17, 15) is 0 Å². The van der Waals surface area contributed by atoms with E-state index in [-0.39, 0.29) is 6.04 Å². The number of anilines is 1. The Morgan fingerprint density at radius 2 is 2.11 bits per heavy atom. The number of nitrogens with one attached hydrogen (secondary N) is 1. The standard InChI is InChI=1S/C14H16N4S/c1-9-6-13-15-8-16-18(13)14(7-9)17-11(3)12-5-4-10(2)19-12/h4-8,11,17H,1-3H3. The fraction of sp³-hybridized carbons (Fsp3) is 0.286. The molecule has 0 radical (unpaired) electrons. The van der Waals surface area contributed by atoms with Crippen LogP contribution >= 0.6 is 11.3 Å². The third-order valence-corrected chi connectivity index (χ3v) is 4.26. The number of nitrogens with zero attached hydrogens (tertiary/aromatic N) is 3. The van der Waals surface area contributed by atoms with Crippen molar-refractivity contribution in [3.05, 3.63) is 45.9 Å². The minimum absolute atomic E-state index is 0.257. The molecule has 0 saturated carbocycles. The van der Waals surface area contributed by atoms with Crippen molar-refractivity contribution in [3.8, 4) is 0 Å². The predicted octanol–water partition coefficient (Wildman–Crippen LogP) is 3.58. The summed E-state index contributed by atoms with van der Waals surface area (Å²) < 4.78 is 1.84. The quantitative estimate of drug-likeness (QED) is 0.792. The second-order valence-electron chi connectivity index (χ2n) is 4.76. The summed E-state index contributed by atoms with van der Waals surface area (Å²) >= 11 is 1.82. The summed E-state index contributed by atoms with van der Waals surface area (Å²) in [7, 11) is 0. The van der Waals surface area contributed by atoms with E-state index in [0.717, 1.165) is 11.5 Å². The van der Waals surface area contributed by atoms with Gasteiger partial charge >= 0.3 is 0 Å². The first kappa shape index (κ1) is 12.2. The van der Waals surface area contributed by atoms with Crippen LogP contribution in [0.1, 0.15) is 28.3 Å². The van der Waals surface area contributed by atoms with Crippen molar-refractivity contribution < 1.29 is 0 Å². The first-order valence-electron chi connectivity index (χ1n) is 6.27. The first-order valence-corrected chi connectivity index (χ1v) is 7.08. The minimum Gasteiger partial charge on any atom is -0.363 e. The third-order valence-electron chi connectivity index (χ3n) is 3.08. The SMILES string of the molecule is Cc1cc(NC(C)c2ccc(C)s2)n2ncnc2c1. The molecule has 3 rings (SSSR count). The average Bonchev–Trinajstić information content (AvgIpc) is 2.97. The summed E-state index contributed by atoms with van der Waals surface area (Å²) in [5.74, 6) is 0.978. The van der Waals surface area contributed by atoms with Crippen LogP contribution in [0.3, 0.4) is 0 Å². The van der Waals surface area contributed by atoms with Gasteiger partial charge in [0.1, 0.15) is 12.1 Å². The zero-order valence-corrected chi connectivity index (χ0v) is 12.0. The van der Waals surface area contributed by atoms with Gasteiger partial charge < -0.3 is 5.32 Å². The molecule has 0 aliphatic heterocycles. The summed E-state index contributed by atoms with van der Waals surface area (Å²) in [6.45, 7) is 6.36. The summed E-state index contributed by atoms with van der Waals surface area (Å²) in [4.78, 5) is 6.90. The average molecular weight is 272 g/mol. The summed E-state index contributed by atoms with van der Waals surface area (Å²) in [6, 6.07) is 8.70. The maximum absolute atomic E-state index is 4.26. The van der Waals surface area contributed by atoms with Gasteiger partial charge in [0.15, 0.2) is 5.65 Å². The molecule has 19 heavy (non-hydrogen) atoms. The molecule has 98 valence electrons. The van der Waals surface area contributed by atoms with Crippen LogP contribution in [0.5, 0.6) is 0 Å². The molecule has 3 aromatic heterocycles. The van der Waals surface area contributed by atoms with Crippen LogP contribution in [0, 0.1) is 13.8 Å². The zero-order chi connectivity index (χ0) is 13.4. The lowest BCUT2D eigenvalue weighted by atomic mass is 10.2. The summed E-state index contributed by atoms with van der Waals surface area (Å²) in [6.07, 6.45) is 1.58. The van der Waals surface area contributed by atoms with E-state index in [0.29, 0.717) is 0 Å². The molecular formula is C14H16N4S. The van der Waals surface area contributed by atoms with Crippen LogP contribution in [0.25, 0.3) is 5.65 Å². The van der Waals surface area contributed by atoms with Gasteiger partial charge in [0.2, 0.25) is 0 Å². The summed E-state index contributed by atoms with van der Waals surface area (Å²) in [5.41, 5.74) is 2.05. The second-order valence-corrected chi connectivity index (χ2v) is 6.08. The molecule has 0 aliphatic rings. The summed E-state index contributed by atoms with van der Waals surface area (Å²) in [5, 5.41) is 7.77. The van der Waals surface area contributed by atoms with Crippen molar-refractivity contribution in [1.82, 2.24) is 14.6 Å². The highest BCUT2D eigenvalue weighted by molar-refractivity contribution is 7.12. The number of rotatable bonds is 3. The van der Waals surface area contributed by atoms with Crippen molar-refractivity contribution in [3.63, 3.8) is 0 Å². The molecule has 0 spiro atoms. The van der Waals surface area contributed by atoms with Crippen LogP contribution in [0.4, 0.5) is 5.82 Å². The van der Waals surface area contributed by atoms with E-state index < -0.39 is 0 Å². The lowest BCUT2D eigenvalue weighted by Crippen LogP contribution is -2.09. The van der Waals surface area contributed by atoms with E-state index in [4.69, 9.17) is 0 Å². The van der Waals surface area contributed by atoms with Crippen LogP contribution < -0.4 is 5.32 Å². The van der Waals surface area contributed by atoms with Crippen molar-refractivity contribution in [1.29, 1.82) is 0 Å². The Morgan fingerprint density at radius 3 is 2.84 bits per heavy atom. The molecule has 1 N–H and O–H groups in total. The van der Waals surface area contributed by atoms with Crippen molar-refractivity contribution >= 4 is 22.8 Å². The van der Waals surface area contributed by atoms with Crippen LogP contribution in [0.2, 0.25) is 0 Å². The lowest BCUT2D eigenvalue weighted by molar-refractivity contribution is 0.860. The third kappa shape index (κ3) is 2.33. The van der Waals surface area contributed by atoms with Gasteiger partial charge in [0.25, 0.3) is 0 Å². The van der Waals surface area contributed by atoms with Crippen LogP contribution in [0.15, 0.2) is 30.6 Å². The molecule has 4 nitrogen and oxygen atoms in total. The van der Waals surface area contributed by atoms with E-state index in [1.165, 1.54) is 15.3 Å². The molecule has 1 atom stereocenters. The van der Waals surface area contributed by atoms with Gasteiger partial charge in [-0.2, -0.15) is 9.61 Å². The number of hydrogen-bond acceptors (Lipinski definition) is 4. The topological polar surface area (TPSA) is 42.2 Å². The molecule has 0 aromatic carbocycles. The Morgan fingerprint density at radius 1 is 1.26 bits per heavy atom. The zero-order valence-electron chi connectivity index (χ0n) is 11.2. The molecule has 0 aliphatic carbocycles. The van der Waals surface area contributed by atoms with Gasteiger partial charge in [-0.05, 0) is 50.6 Å². The van der Waals surface area contributed by atoms with Crippen molar-refractivity contribution in [2.45, 2.75) is 26.8 Å². The predicted molar refractivity (Wildman–Crippen MR) is 78.8 cm³/mol. The molecule has 3 aromatic rings. The first-order chi connectivity index (χ1) is 9.13. The number of fused-ring (bicyclic) bond motifs is 1. The maximum Gasteiger partial charge on any atom is 0.157 e. The van der Waals surface area contributed by atoms with Gasteiger partial charge in [-0.25, -0.2) is 4.98 Å². The largest absolute Gasteiger partial charge is 0.363 e. The fourth-order valence-electron chi connectivity index (χ4n) is 2.14. The highest BCUT2D eigenvalue weighted by atomic mass is 32.1. The van der Waals surface area contributed by atoms with E-state index in [1.807, 2.05) is 21.9 Å². The molecule has 1 unspecified atom stereocenters. The highest BCUT2D eigenvalue weighted by Gasteiger charge is 2.10. The Hall–Kier alpha value is -1.88. The van der Waals surface area contributed by atoms with E-state index in [2.05, 4.69) is 54.4 Å². The number of aryl methyl sites for hydroxylation is 2. The molecule has 0 fully saturated rings. The Bertz CT molecular complexity index is 713. The number of thiophene rings is 1. The maximum atomic E-state index is 4.26. The van der Waals surface area contributed by atoms with Crippen LogP contribution in [-0.4, -0.2) is 14.6 Å². The number of hydrogen-bond donors (Lipinski definition) is 1. The monoisotopic (exact) mass is 272 g/mol. The molecule has 0 bridgehead atoms. The molecule has 3 heterocycles. The van der Waals surface area contributed by atoms with Gasteiger partial charge in [0.05, 0.1) is 6.04 Å². The normalized spacial score (nSPS) is 12.8. The van der Waals surface area contributed by atoms with E-state index >= 15 is 0 Å². The fourth-order valence-corrected chi connectivity index (χ4v) is 3.02. The smallest absolute Gasteiger partial charge is 0.157 e. The molecule has 0 amide bonds. The Balaban J connectivity index is 1.94. The van der Waals surface area contributed by atoms with Crippen molar-refractivity contribution in [2.75, 3.05) is 5.32 Å². The second kappa shape index (κ2) is 4.66. The van der Waals surface area contributed by atoms with Gasteiger partial charge in [-0.15, -0.1) is 11.3 Å². The lowest BCUT2D eigenvalue weighted by Gasteiger charge is -2.15. The molecule has 0 saturated heterocycles. The van der Waals surface area contributed by atoms with Crippen LogP contribution in [-0.2, 0) is 0 Å². The van der Waals surface area contributed by atoms with Gasteiger partial charge in [-0.3, -0.25) is 0 Å². The van der Waals surface area contributed by atoms with Crippen molar-refractivity contribution in [2.24, 2.45) is 0 Å². The van der Waals surface area contributed by atoms with Gasteiger partial charge in [-0.1, -0.05) is 0 Å². The van der Waals surface area contributed by atoms with Gasteiger partial charge in [0, 0.05) is 9.75 Å². The highest BCUT2D eigenvalue weighted by Crippen LogP contribution is 2.26. The Labute approximate surface area is 116 Å². The number of aromatic nitrogens is 3. The Kier molecular flexibility index (Phi) is 2.98. The number of pyridine rings is 1. The van der Waals surface area contributed by atoms with E-state index in [1.54, 1.807) is 6.33 Å².